The molecule has 0 N–H and O–H groups in total. The van der Waals surface area contributed by atoms with Gasteiger partial charge in [-0.15, -0.1) is 0 Å². The van der Waals surface area contributed by atoms with E-state index in [4.69, 9.17) is 0 Å². The Labute approximate surface area is 133 Å². The fourth-order valence-corrected chi connectivity index (χ4v) is 5.36. The van der Waals surface area contributed by atoms with E-state index in [0.717, 1.165) is 64.1 Å². The van der Waals surface area contributed by atoms with E-state index in [1.54, 1.807) is 0 Å². The quantitative estimate of drug-likeness (QED) is 0.786. The summed E-state index contributed by atoms with van der Waals surface area (Å²) in [5.74, 6) is 2.17. The third-order valence-corrected chi connectivity index (χ3v) is 6.54. The Hall–Kier alpha value is -1.06. The maximum Gasteiger partial charge on any atom is 0.245 e. The molecule has 2 heterocycles. The van der Waals surface area contributed by atoms with Crippen molar-refractivity contribution >= 4 is 11.8 Å². The van der Waals surface area contributed by atoms with Crippen LogP contribution in [0.2, 0.25) is 0 Å². The average molecular weight is 304 g/mol. The number of hydrogen-bond acceptors (Lipinski definition) is 2. The van der Waals surface area contributed by atoms with E-state index in [1.165, 1.54) is 19.3 Å². The summed E-state index contributed by atoms with van der Waals surface area (Å²) >= 11 is 0. The van der Waals surface area contributed by atoms with Crippen molar-refractivity contribution in [3.05, 3.63) is 0 Å². The first-order valence-electron chi connectivity index (χ1n) is 9.33. The number of nitrogens with zero attached hydrogens (tertiary/aromatic N) is 2. The van der Waals surface area contributed by atoms with Gasteiger partial charge < -0.3 is 9.80 Å². The third-order valence-electron chi connectivity index (χ3n) is 6.54. The van der Waals surface area contributed by atoms with Gasteiger partial charge in [-0.3, -0.25) is 9.59 Å². The molecule has 2 saturated heterocycles. The molecule has 2 amide bonds. The largest absolute Gasteiger partial charge is 0.341 e. The summed E-state index contributed by atoms with van der Waals surface area (Å²) < 4.78 is 0. The van der Waals surface area contributed by atoms with E-state index in [0.29, 0.717) is 11.8 Å². The van der Waals surface area contributed by atoms with Crippen molar-refractivity contribution in [1.29, 1.82) is 0 Å². The number of rotatable bonds is 2. The van der Waals surface area contributed by atoms with Crippen molar-refractivity contribution in [1.82, 2.24) is 9.80 Å². The first kappa shape index (κ1) is 14.5. The minimum atomic E-state index is -0.154. The SMILES string of the molecule is O=C([C@@H]1CCCCN1C(=O)[C@H]1C[C@H]2CC[C@H]1C2)N1CCCC1. The molecule has 0 aromatic rings. The molecule has 4 nitrogen and oxygen atoms in total. The molecule has 2 saturated carbocycles. The molecule has 4 heteroatoms. The van der Waals surface area contributed by atoms with Crippen LogP contribution in [0.25, 0.3) is 0 Å². The molecule has 2 aliphatic heterocycles. The van der Waals surface area contributed by atoms with Crippen molar-refractivity contribution in [3.8, 4) is 0 Å². The van der Waals surface area contributed by atoms with E-state index in [-0.39, 0.29) is 17.9 Å². The van der Waals surface area contributed by atoms with Gasteiger partial charge in [-0.25, -0.2) is 0 Å². The first-order valence-corrected chi connectivity index (χ1v) is 9.33. The predicted octanol–water partition coefficient (Wildman–Crippen LogP) is 2.43. The first-order chi connectivity index (χ1) is 10.7. The lowest BCUT2D eigenvalue weighted by atomic mass is 9.86. The molecular weight excluding hydrogens is 276 g/mol. The molecule has 4 rings (SSSR count). The summed E-state index contributed by atoms with van der Waals surface area (Å²) in [6.07, 6.45) is 10.2. The Morgan fingerprint density at radius 2 is 1.55 bits per heavy atom. The average Bonchev–Trinajstić information content (AvgIpc) is 3.30. The van der Waals surface area contributed by atoms with Crippen LogP contribution < -0.4 is 0 Å². The fourth-order valence-electron chi connectivity index (χ4n) is 5.36. The van der Waals surface area contributed by atoms with Gasteiger partial charge in [0.15, 0.2) is 0 Å². The summed E-state index contributed by atoms with van der Waals surface area (Å²) in [4.78, 5) is 29.9. The Balaban J connectivity index is 1.48. The zero-order valence-electron chi connectivity index (χ0n) is 13.5. The smallest absolute Gasteiger partial charge is 0.245 e. The molecule has 0 aromatic heterocycles. The van der Waals surface area contributed by atoms with Crippen LogP contribution in [0, 0.1) is 17.8 Å². The number of hydrogen-bond donors (Lipinski definition) is 0. The van der Waals surface area contributed by atoms with Crippen LogP contribution in [0.4, 0.5) is 0 Å². The van der Waals surface area contributed by atoms with Gasteiger partial charge in [-0.1, -0.05) is 6.42 Å². The van der Waals surface area contributed by atoms with Crippen molar-refractivity contribution in [3.63, 3.8) is 0 Å². The van der Waals surface area contributed by atoms with Crippen molar-refractivity contribution in [2.45, 2.75) is 63.8 Å². The number of carbonyl (C=O) groups is 2. The normalized spacial score (nSPS) is 37.8. The summed E-state index contributed by atoms with van der Waals surface area (Å²) in [7, 11) is 0. The molecule has 4 fully saturated rings. The van der Waals surface area contributed by atoms with Gasteiger partial charge in [0.1, 0.15) is 6.04 Å². The number of fused-ring (bicyclic) bond motifs is 2. The molecule has 0 spiro atoms. The fraction of sp³-hybridized carbons (Fsp3) is 0.889. The zero-order chi connectivity index (χ0) is 15.1. The molecule has 4 atom stereocenters. The second-order valence-electron chi connectivity index (χ2n) is 7.86. The summed E-state index contributed by atoms with van der Waals surface area (Å²) in [6.45, 7) is 2.59. The molecule has 0 aromatic carbocycles. The highest BCUT2D eigenvalue weighted by Crippen LogP contribution is 2.49. The maximum atomic E-state index is 13.1. The van der Waals surface area contributed by atoms with Gasteiger partial charge in [-0.05, 0) is 63.2 Å². The highest BCUT2D eigenvalue weighted by molar-refractivity contribution is 5.89. The van der Waals surface area contributed by atoms with Gasteiger partial charge >= 0.3 is 0 Å². The van der Waals surface area contributed by atoms with Crippen LogP contribution >= 0.6 is 0 Å². The Kier molecular flexibility index (Phi) is 3.87. The maximum absolute atomic E-state index is 13.1. The summed E-state index contributed by atoms with van der Waals surface area (Å²) in [5, 5.41) is 0. The van der Waals surface area contributed by atoms with Crippen molar-refractivity contribution in [2.75, 3.05) is 19.6 Å². The highest BCUT2D eigenvalue weighted by atomic mass is 16.2. The van der Waals surface area contributed by atoms with Gasteiger partial charge in [-0.2, -0.15) is 0 Å². The Bertz CT molecular complexity index is 458. The van der Waals surface area contributed by atoms with Gasteiger partial charge in [0.2, 0.25) is 11.8 Å². The van der Waals surface area contributed by atoms with Gasteiger partial charge in [0.25, 0.3) is 0 Å². The minimum Gasteiger partial charge on any atom is -0.341 e. The second-order valence-corrected chi connectivity index (χ2v) is 7.86. The van der Waals surface area contributed by atoms with Gasteiger partial charge in [0, 0.05) is 25.6 Å². The molecule has 122 valence electrons. The number of piperidine rings is 1. The van der Waals surface area contributed by atoms with Crippen LogP contribution in [0.15, 0.2) is 0 Å². The van der Waals surface area contributed by atoms with Crippen LogP contribution in [-0.2, 0) is 9.59 Å². The molecular formula is C18H28N2O2. The monoisotopic (exact) mass is 304 g/mol. The molecule has 4 aliphatic rings. The lowest BCUT2D eigenvalue weighted by Gasteiger charge is -2.39. The van der Waals surface area contributed by atoms with Gasteiger partial charge in [0.05, 0.1) is 0 Å². The van der Waals surface area contributed by atoms with E-state index in [9.17, 15) is 9.59 Å². The minimum absolute atomic E-state index is 0.154. The predicted molar refractivity (Wildman–Crippen MR) is 84.1 cm³/mol. The summed E-state index contributed by atoms with van der Waals surface area (Å²) in [5.41, 5.74) is 0. The van der Waals surface area contributed by atoms with Crippen LogP contribution in [0.5, 0.6) is 0 Å². The standard InChI is InChI=1S/C18H28N2O2/c21-17(15-12-13-6-7-14(15)11-13)20-10-2-1-5-16(20)18(22)19-8-3-4-9-19/h13-16H,1-12H2/t13-,14-,15-,16-/m0/s1. The molecule has 0 radical (unpaired) electrons. The van der Waals surface area contributed by atoms with E-state index in [1.807, 2.05) is 9.80 Å². The number of amides is 2. The van der Waals surface area contributed by atoms with Crippen molar-refractivity contribution in [2.24, 2.45) is 17.8 Å². The summed E-state index contributed by atoms with van der Waals surface area (Å²) in [6, 6.07) is -0.154. The van der Waals surface area contributed by atoms with E-state index in [2.05, 4.69) is 0 Å². The second kappa shape index (κ2) is 5.86. The van der Waals surface area contributed by atoms with Crippen LogP contribution in [0.1, 0.15) is 57.8 Å². The Morgan fingerprint density at radius 1 is 0.773 bits per heavy atom. The molecule has 22 heavy (non-hydrogen) atoms. The molecule has 2 aliphatic carbocycles. The lowest BCUT2D eigenvalue weighted by Crippen LogP contribution is -2.54. The Morgan fingerprint density at radius 3 is 2.23 bits per heavy atom. The third kappa shape index (κ3) is 2.44. The van der Waals surface area contributed by atoms with E-state index >= 15 is 0 Å². The van der Waals surface area contributed by atoms with Crippen LogP contribution in [0.3, 0.4) is 0 Å². The van der Waals surface area contributed by atoms with Crippen molar-refractivity contribution < 1.29 is 9.59 Å². The highest BCUT2D eigenvalue weighted by Gasteiger charge is 2.46. The molecule has 0 unspecified atom stereocenters. The zero-order valence-corrected chi connectivity index (χ0v) is 13.5. The lowest BCUT2D eigenvalue weighted by molar-refractivity contribution is -0.150. The number of likely N-dealkylation sites (tertiary alicyclic amines) is 2. The van der Waals surface area contributed by atoms with E-state index < -0.39 is 0 Å². The van der Waals surface area contributed by atoms with Crippen LogP contribution in [-0.4, -0.2) is 47.3 Å². The topological polar surface area (TPSA) is 40.6 Å². The number of carbonyl (C=O) groups excluding carboxylic acids is 2. The molecule has 2 bridgehead atoms.